The third kappa shape index (κ3) is 7.68. The van der Waals surface area contributed by atoms with E-state index >= 15 is 0 Å². The third-order valence-corrected chi connectivity index (χ3v) is 3.29. The van der Waals surface area contributed by atoms with Crippen LogP contribution in [0.15, 0.2) is 0 Å². The average molecular weight is 253 g/mol. The van der Waals surface area contributed by atoms with Gasteiger partial charge in [-0.25, -0.2) is 0 Å². The first-order chi connectivity index (χ1) is 8.47. The zero-order valence-corrected chi connectivity index (χ0v) is 12.9. The number of nitriles is 1. The molecule has 0 aliphatic heterocycles. The highest BCUT2D eigenvalue weighted by Crippen LogP contribution is 2.13. The second kappa shape index (κ2) is 9.35. The van der Waals surface area contributed by atoms with Gasteiger partial charge in [-0.2, -0.15) is 5.26 Å². The van der Waals surface area contributed by atoms with Crippen molar-refractivity contribution in [1.29, 1.82) is 5.26 Å². The van der Waals surface area contributed by atoms with Gasteiger partial charge in [-0.05, 0) is 51.7 Å². The molecule has 0 aliphatic rings. The molecule has 3 nitrogen and oxygen atoms in total. The van der Waals surface area contributed by atoms with Crippen molar-refractivity contribution in [2.45, 2.75) is 59.4 Å². The molecule has 1 atom stereocenters. The van der Waals surface area contributed by atoms with Crippen LogP contribution < -0.4 is 5.32 Å². The van der Waals surface area contributed by atoms with Gasteiger partial charge in [0.2, 0.25) is 0 Å². The van der Waals surface area contributed by atoms with Gasteiger partial charge in [0.1, 0.15) is 5.54 Å². The van der Waals surface area contributed by atoms with Crippen LogP contribution in [0.5, 0.6) is 0 Å². The Morgan fingerprint density at radius 2 is 1.94 bits per heavy atom. The minimum absolute atomic E-state index is 0.343. The number of nitrogens with zero attached hydrogens (tertiary/aromatic N) is 2. The molecule has 3 heteroatoms. The molecule has 0 bridgehead atoms. The fourth-order valence-electron chi connectivity index (χ4n) is 2.28. The van der Waals surface area contributed by atoms with Crippen LogP contribution in [0.4, 0.5) is 0 Å². The molecular formula is C15H31N3. The van der Waals surface area contributed by atoms with Crippen molar-refractivity contribution in [3.8, 4) is 6.07 Å². The SMILES string of the molecule is CCNC(C)(C#N)CCCCN(CC)CC(C)C. The van der Waals surface area contributed by atoms with Gasteiger partial charge < -0.3 is 4.90 Å². The van der Waals surface area contributed by atoms with Gasteiger partial charge in [-0.1, -0.05) is 27.7 Å². The molecule has 0 amide bonds. The summed E-state index contributed by atoms with van der Waals surface area (Å²) < 4.78 is 0. The van der Waals surface area contributed by atoms with Crippen LogP contribution in [-0.4, -0.2) is 36.6 Å². The van der Waals surface area contributed by atoms with Crippen LogP contribution in [0, 0.1) is 17.2 Å². The lowest BCUT2D eigenvalue weighted by Gasteiger charge is -2.25. The summed E-state index contributed by atoms with van der Waals surface area (Å²) in [6.07, 6.45) is 3.24. The molecule has 0 fully saturated rings. The first kappa shape index (κ1) is 17.4. The zero-order valence-electron chi connectivity index (χ0n) is 12.9. The predicted octanol–water partition coefficient (Wildman–Crippen LogP) is 3.03. The van der Waals surface area contributed by atoms with Crippen molar-refractivity contribution in [2.75, 3.05) is 26.2 Å². The minimum Gasteiger partial charge on any atom is -0.303 e. The number of unbranched alkanes of at least 4 members (excludes halogenated alkanes) is 1. The van der Waals surface area contributed by atoms with Gasteiger partial charge in [0.05, 0.1) is 6.07 Å². The van der Waals surface area contributed by atoms with E-state index in [1.165, 1.54) is 13.0 Å². The summed E-state index contributed by atoms with van der Waals surface area (Å²) in [4.78, 5) is 2.50. The van der Waals surface area contributed by atoms with Gasteiger partial charge in [0, 0.05) is 6.54 Å². The maximum atomic E-state index is 9.17. The van der Waals surface area contributed by atoms with E-state index < -0.39 is 0 Å². The Bertz CT molecular complexity index is 245. The van der Waals surface area contributed by atoms with E-state index in [0.29, 0.717) is 0 Å². The summed E-state index contributed by atoms with van der Waals surface area (Å²) in [5, 5.41) is 12.4. The number of rotatable bonds is 10. The number of nitrogens with one attached hydrogen (secondary N) is 1. The maximum absolute atomic E-state index is 9.17. The fraction of sp³-hybridized carbons (Fsp3) is 0.933. The fourth-order valence-corrected chi connectivity index (χ4v) is 2.28. The normalized spacial score (nSPS) is 14.8. The summed E-state index contributed by atoms with van der Waals surface area (Å²) in [7, 11) is 0. The monoisotopic (exact) mass is 253 g/mol. The maximum Gasteiger partial charge on any atom is 0.103 e. The molecule has 18 heavy (non-hydrogen) atoms. The average Bonchev–Trinajstić information content (AvgIpc) is 2.33. The second-order valence-corrected chi connectivity index (χ2v) is 5.72. The molecule has 0 aliphatic carbocycles. The third-order valence-electron chi connectivity index (χ3n) is 3.29. The van der Waals surface area contributed by atoms with E-state index in [4.69, 9.17) is 5.26 Å². The molecule has 0 aromatic carbocycles. The Hall–Kier alpha value is -0.590. The lowest BCUT2D eigenvalue weighted by Crippen LogP contribution is -2.40. The number of hydrogen-bond acceptors (Lipinski definition) is 3. The Morgan fingerprint density at radius 1 is 1.28 bits per heavy atom. The van der Waals surface area contributed by atoms with Gasteiger partial charge in [-0.15, -0.1) is 0 Å². The lowest BCUT2D eigenvalue weighted by atomic mass is 9.96. The number of hydrogen-bond donors (Lipinski definition) is 1. The highest BCUT2D eigenvalue weighted by Gasteiger charge is 2.21. The smallest absolute Gasteiger partial charge is 0.103 e. The topological polar surface area (TPSA) is 39.1 Å². The van der Waals surface area contributed by atoms with Crippen LogP contribution in [0.1, 0.15) is 53.9 Å². The molecule has 0 aromatic rings. The van der Waals surface area contributed by atoms with Crippen LogP contribution in [0.25, 0.3) is 0 Å². The largest absolute Gasteiger partial charge is 0.303 e. The van der Waals surface area contributed by atoms with E-state index in [0.717, 1.165) is 38.4 Å². The molecular weight excluding hydrogens is 222 g/mol. The lowest BCUT2D eigenvalue weighted by molar-refractivity contribution is 0.247. The molecule has 0 aromatic heterocycles. The Balaban J connectivity index is 3.86. The Labute approximate surface area is 114 Å². The predicted molar refractivity (Wildman–Crippen MR) is 78.5 cm³/mol. The van der Waals surface area contributed by atoms with Crippen LogP contribution in [-0.2, 0) is 0 Å². The zero-order chi connectivity index (χ0) is 14.0. The molecule has 0 spiro atoms. The molecule has 1 unspecified atom stereocenters. The van der Waals surface area contributed by atoms with E-state index in [2.05, 4.69) is 44.0 Å². The van der Waals surface area contributed by atoms with Crippen LogP contribution in [0.2, 0.25) is 0 Å². The first-order valence-electron chi connectivity index (χ1n) is 7.36. The van der Waals surface area contributed by atoms with Crippen molar-refractivity contribution < 1.29 is 0 Å². The Kier molecular flexibility index (Phi) is 9.05. The second-order valence-electron chi connectivity index (χ2n) is 5.72. The van der Waals surface area contributed by atoms with Crippen molar-refractivity contribution in [1.82, 2.24) is 10.2 Å². The van der Waals surface area contributed by atoms with E-state index in [1.54, 1.807) is 0 Å². The highest BCUT2D eigenvalue weighted by atomic mass is 15.1. The highest BCUT2D eigenvalue weighted by molar-refractivity contribution is 5.03. The summed E-state index contributed by atoms with van der Waals surface area (Å²) >= 11 is 0. The van der Waals surface area contributed by atoms with Gasteiger partial charge in [0.25, 0.3) is 0 Å². The molecule has 106 valence electrons. The van der Waals surface area contributed by atoms with E-state index in [9.17, 15) is 0 Å². The van der Waals surface area contributed by atoms with Crippen molar-refractivity contribution in [3.05, 3.63) is 0 Å². The minimum atomic E-state index is -0.343. The summed E-state index contributed by atoms with van der Waals surface area (Å²) in [5.41, 5.74) is -0.343. The van der Waals surface area contributed by atoms with E-state index in [1.807, 2.05) is 6.92 Å². The molecule has 0 radical (unpaired) electrons. The molecule has 1 N–H and O–H groups in total. The molecule has 0 heterocycles. The van der Waals surface area contributed by atoms with Gasteiger partial charge in [-0.3, -0.25) is 5.32 Å². The molecule has 0 saturated carbocycles. The standard InChI is InChI=1S/C15H31N3/c1-6-17-15(5,13-16)10-8-9-11-18(7-2)12-14(3)4/h14,17H,6-12H2,1-5H3. The van der Waals surface area contributed by atoms with Crippen LogP contribution >= 0.6 is 0 Å². The quantitative estimate of drug-likeness (QED) is 0.608. The first-order valence-corrected chi connectivity index (χ1v) is 7.36. The van der Waals surface area contributed by atoms with Gasteiger partial charge >= 0.3 is 0 Å². The summed E-state index contributed by atoms with van der Waals surface area (Å²) in [6, 6.07) is 2.39. The van der Waals surface area contributed by atoms with Crippen molar-refractivity contribution >= 4 is 0 Å². The summed E-state index contributed by atoms with van der Waals surface area (Å²) in [5.74, 6) is 0.732. The van der Waals surface area contributed by atoms with Crippen molar-refractivity contribution in [2.24, 2.45) is 5.92 Å². The molecule has 0 saturated heterocycles. The summed E-state index contributed by atoms with van der Waals surface area (Å²) in [6.45, 7) is 15.1. The van der Waals surface area contributed by atoms with Crippen LogP contribution in [0.3, 0.4) is 0 Å². The van der Waals surface area contributed by atoms with Crippen molar-refractivity contribution in [3.63, 3.8) is 0 Å². The van der Waals surface area contributed by atoms with Gasteiger partial charge in [0.15, 0.2) is 0 Å². The molecule has 0 rings (SSSR count). The Morgan fingerprint density at radius 3 is 2.39 bits per heavy atom. The van der Waals surface area contributed by atoms with E-state index in [-0.39, 0.29) is 5.54 Å².